The fourth-order valence-corrected chi connectivity index (χ4v) is 1.80. The van der Waals surface area contributed by atoms with Crippen LogP contribution in [0.1, 0.15) is 20.3 Å². The van der Waals surface area contributed by atoms with E-state index in [1.165, 1.54) is 0 Å². The Labute approximate surface area is 103 Å². The third-order valence-corrected chi connectivity index (χ3v) is 2.85. The molecule has 0 aliphatic carbocycles. The summed E-state index contributed by atoms with van der Waals surface area (Å²) in [6.45, 7) is 9.73. The van der Waals surface area contributed by atoms with Gasteiger partial charge in [0.2, 0.25) is 0 Å². The van der Waals surface area contributed by atoms with Crippen LogP contribution in [0.4, 0.5) is 0 Å². The molecule has 0 saturated carbocycles. The van der Waals surface area contributed by atoms with Gasteiger partial charge in [0.25, 0.3) is 0 Å². The number of rotatable bonds is 7. The quantitative estimate of drug-likeness (QED) is 0.514. The lowest BCUT2D eigenvalue weighted by Gasteiger charge is -2.26. The van der Waals surface area contributed by atoms with Crippen LogP contribution in [-0.2, 0) is 14.3 Å². The van der Waals surface area contributed by atoms with Crippen molar-refractivity contribution in [3.05, 3.63) is 0 Å². The van der Waals surface area contributed by atoms with Gasteiger partial charge in [0.1, 0.15) is 6.04 Å². The van der Waals surface area contributed by atoms with Crippen LogP contribution in [0.3, 0.4) is 0 Å². The Balaban J connectivity index is 2.00. The molecule has 0 aromatic heterocycles. The van der Waals surface area contributed by atoms with Crippen molar-refractivity contribution >= 4 is 5.97 Å². The zero-order chi connectivity index (χ0) is 12.5. The normalized spacial score (nSPS) is 18.9. The maximum Gasteiger partial charge on any atom is 0.322 e. The van der Waals surface area contributed by atoms with E-state index in [2.05, 4.69) is 10.2 Å². The molecule has 0 aromatic rings. The van der Waals surface area contributed by atoms with Crippen molar-refractivity contribution in [2.75, 3.05) is 46.0 Å². The lowest BCUT2D eigenvalue weighted by atomic mass is 10.3. The summed E-state index contributed by atoms with van der Waals surface area (Å²) in [7, 11) is 0. The molecule has 100 valence electrons. The minimum atomic E-state index is -0.209. The monoisotopic (exact) mass is 244 g/mol. The Kier molecular flexibility index (Phi) is 7.16. The first kappa shape index (κ1) is 14.4. The van der Waals surface area contributed by atoms with Gasteiger partial charge in [0.15, 0.2) is 0 Å². The molecule has 1 aliphatic rings. The lowest BCUT2D eigenvalue weighted by molar-refractivity contribution is -0.145. The molecule has 0 bridgehead atoms. The highest BCUT2D eigenvalue weighted by atomic mass is 16.5. The van der Waals surface area contributed by atoms with E-state index < -0.39 is 0 Å². The van der Waals surface area contributed by atoms with Crippen molar-refractivity contribution in [2.24, 2.45) is 0 Å². The highest BCUT2D eigenvalue weighted by Crippen LogP contribution is 1.97. The standard InChI is InChI=1S/C12H24N2O3/c1-3-17-12(15)11(2)13-5-4-6-14-7-9-16-10-8-14/h11,13H,3-10H2,1-2H3. The molecule has 17 heavy (non-hydrogen) atoms. The van der Waals surface area contributed by atoms with Crippen molar-refractivity contribution in [2.45, 2.75) is 26.3 Å². The molecule has 5 heteroatoms. The van der Waals surface area contributed by atoms with E-state index in [1.54, 1.807) is 0 Å². The van der Waals surface area contributed by atoms with Gasteiger partial charge in [-0.3, -0.25) is 9.69 Å². The summed E-state index contributed by atoms with van der Waals surface area (Å²) < 4.78 is 10.2. The van der Waals surface area contributed by atoms with Crippen LogP contribution in [0.25, 0.3) is 0 Å². The second-order valence-electron chi connectivity index (χ2n) is 4.24. The molecule has 1 aliphatic heterocycles. The van der Waals surface area contributed by atoms with Gasteiger partial charge in [-0.15, -0.1) is 0 Å². The second-order valence-corrected chi connectivity index (χ2v) is 4.24. The van der Waals surface area contributed by atoms with Crippen LogP contribution in [0.2, 0.25) is 0 Å². The van der Waals surface area contributed by atoms with E-state index >= 15 is 0 Å². The highest BCUT2D eigenvalue weighted by Gasteiger charge is 2.13. The van der Waals surface area contributed by atoms with Crippen LogP contribution >= 0.6 is 0 Å². The van der Waals surface area contributed by atoms with Crippen LogP contribution < -0.4 is 5.32 Å². The molecule has 1 heterocycles. The number of carbonyl (C=O) groups is 1. The highest BCUT2D eigenvalue weighted by molar-refractivity contribution is 5.75. The minimum Gasteiger partial charge on any atom is -0.465 e. The number of hydrogen-bond donors (Lipinski definition) is 1. The molecule has 1 unspecified atom stereocenters. The Bertz CT molecular complexity index is 218. The first-order valence-electron chi connectivity index (χ1n) is 6.44. The van der Waals surface area contributed by atoms with Crippen LogP contribution in [-0.4, -0.2) is 62.9 Å². The maximum absolute atomic E-state index is 11.3. The third kappa shape index (κ3) is 6.00. The number of nitrogens with one attached hydrogen (secondary N) is 1. The van der Waals surface area contributed by atoms with Gasteiger partial charge in [-0.05, 0) is 33.4 Å². The number of nitrogens with zero attached hydrogens (tertiary/aromatic N) is 1. The van der Waals surface area contributed by atoms with E-state index in [1.807, 2.05) is 13.8 Å². The van der Waals surface area contributed by atoms with Crippen molar-refractivity contribution in [1.82, 2.24) is 10.2 Å². The average Bonchev–Trinajstić information content (AvgIpc) is 2.36. The zero-order valence-electron chi connectivity index (χ0n) is 10.9. The molecule has 0 aromatic carbocycles. The smallest absolute Gasteiger partial charge is 0.322 e. The predicted octanol–water partition coefficient (Wildman–Crippen LogP) is 0.250. The van der Waals surface area contributed by atoms with E-state index in [0.717, 1.165) is 45.8 Å². The molecule has 1 N–H and O–H groups in total. The average molecular weight is 244 g/mol. The number of carbonyl (C=O) groups excluding carboxylic acids is 1. The summed E-state index contributed by atoms with van der Waals surface area (Å²) >= 11 is 0. The van der Waals surface area contributed by atoms with Crippen molar-refractivity contribution in [3.8, 4) is 0 Å². The lowest BCUT2D eigenvalue weighted by Crippen LogP contribution is -2.40. The fraction of sp³-hybridized carbons (Fsp3) is 0.917. The Morgan fingerprint density at radius 1 is 1.47 bits per heavy atom. The SMILES string of the molecule is CCOC(=O)C(C)NCCCN1CCOCC1. The molecule has 5 nitrogen and oxygen atoms in total. The van der Waals surface area contributed by atoms with Crippen molar-refractivity contribution in [3.63, 3.8) is 0 Å². The van der Waals surface area contributed by atoms with Gasteiger partial charge < -0.3 is 14.8 Å². The molecule has 1 fully saturated rings. The molecule has 0 amide bonds. The number of ether oxygens (including phenoxy) is 2. The van der Waals surface area contributed by atoms with E-state index in [9.17, 15) is 4.79 Å². The summed E-state index contributed by atoms with van der Waals surface area (Å²) in [5, 5.41) is 3.17. The van der Waals surface area contributed by atoms with Crippen LogP contribution in [0.5, 0.6) is 0 Å². The van der Waals surface area contributed by atoms with E-state index in [0.29, 0.717) is 6.61 Å². The summed E-state index contributed by atoms with van der Waals surface area (Å²) in [5.41, 5.74) is 0. The van der Waals surface area contributed by atoms with Crippen molar-refractivity contribution in [1.29, 1.82) is 0 Å². The number of esters is 1. The largest absolute Gasteiger partial charge is 0.465 e. The van der Waals surface area contributed by atoms with E-state index in [4.69, 9.17) is 9.47 Å². The first-order chi connectivity index (χ1) is 8.24. The minimum absolute atomic E-state index is 0.168. The topological polar surface area (TPSA) is 50.8 Å². The van der Waals surface area contributed by atoms with Gasteiger partial charge in [-0.1, -0.05) is 0 Å². The molecular weight excluding hydrogens is 220 g/mol. The Morgan fingerprint density at radius 2 is 2.18 bits per heavy atom. The van der Waals surface area contributed by atoms with Crippen LogP contribution in [0, 0.1) is 0 Å². The molecule has 1 atom stereocenters. The zero-order valence-corrected chi connectivity index (χ0v) is 10.9. The predicted molar refractivity (Wildman–Crippen MR) is 66.0 cm³/mol. The Morgan fingerprint density at radius 3 is 2.82 bits per heavy atom. The van der Waals surface area contributed by atoms with Gasteiger partial charge >= 0.3 is 5.97 Å². The number of morpholine rings is 1. The first-order valence-corrected chi connectivity index (χ1v) is 6.44. The van der Waals surface area contributed by atoms with Gasteiger partial charge in [-0.25, -0.2) is 0 Å². The molecule has 0 radical (unpaired) electrons. The van der Waals surface area contributed by atoms with Gasteiger partial charge in [0, 0.05) is 13.1 Å². The second kappa shape index (κ2) is 8.44. The van der Waals surface area contributed by atoms with E-state index in [-0.39, 0.29) is 12.0 Å². The fourth-order valence-electron chi connectivity index (χ4n) is 1.80. The van der Waals surface area contributed by atoms with Gasteiger partial charge in [0.05, 0.1) is 19.8 Å². The van der Waals surface area contributed by atoms with Gasteiger partial charge in [-0.2, -0.15) is 0 Å². The summed E-state index contributed by atoms with van der Waals surface area (Å²) in [6.07, 6.45) is 1.05. The summed E-state index contributed by atoms with van der Waals surface area (Å²) in [6, 6.07) is -0.209. The third-order valence-electron chi connectivity index (χ3n) is 2.85. The molecule has 0 spiro atoms. The molecular formula is C12H24N2O3. The molecule has 1 saturated heterocycles. The number of hydrogen-bond acceptors (Lipinski definition) is 5. The Hall–Kier alpha value is -0.650. The molecule has 1 rings (SSSR count). The summed E-state index contributed by atoms with van der Waals surface area (Å²) in [5.74, 6) is -0.168. The maximum atomic E-state index is 11.3. The van der Waals surface area contributed by atoms with Crippen molar-refractivity contribution < 1.29 is 14.3 Å². The van der Waals surface area contributed by atoms with Crippen LogP contribution in [0.15, 0.2) is 0 Å². The summed E-state index contributed by atoms with van der Waals surface area (Å²) in [4.78, 5) is 13.7.